The van der Waals surface area contributed by atoms with E-state index in [0.29, 0.717) is 24.1 Å². The summed E-state index contributed by atoms with van der Waals surface area (Å²) in [6.45, 7) is 7.07. The highest BCUT2D eigenvalue weighted by atomic mass is 16.5. The van der Waals surface area contributed by atoms with Crippen molar-refractivity contribution in [1.29, 1.82) is 0 Å². The lowest BCUT2D eigenvalue weighted by molar-refractivity contribution is 0.229. The number of anilines is 1. The van der Waals surface area contributed by atoms with Crippen LogP contribution in [-0.2, 0) is 10.2 Å². The number of hydrogen-bond donors (Lipinski definition) is 1. The molecule has 4 rings (SSSR count). The maximum absolute atomic E-state index is 6.20. The Hall–Kier alpha value is -3.34. The number of para-hydroxylation sites is 1. The number of aromatic nitrogens is 1. The SMILES string of the molecule is CC(C)(C)c1ccccc1Oc1ncccc1NC1=NCC(c2ccccc2)O1. The first kappa shape index (κ1) is 19.0. The number of pyridine rings is 1. The molecule has 5 heteroatoms. The molecule has 0 saturated heterocycles. The van der Waals surface area contributed by atoms with Crippen LogP contribution >= 0.6 is 0 Å². The number of ether oxygens (including phenoxy) is 2. The second-order valence-corrected chi connectivity index (χ2v) is 7.99. The molecular weight excluding hydrogens is 362 g/mol. The molecule has 148 valence electrons. The van der Waals surface area contributed by atoms with Gasteiger partial charge in [-0.3, -0.25) is 0 Å². The lowest BCUT2D eigenvalue weighted by Gasteiger charge is -2.22. The van der Waals surface area contributed by atoms with Gasteiger partial charge in [-0.25, -0.2) is 9.98 Å². The second kappa shape index (κ2) is 7.95. The maximum atomic E-state index is 6.20. The number of hydrogen-bond acceptors (Lipinski definition) is 5. The van der Waals surface area contributed by atoms with Crippen molar-refractivity contribution >= 4 is 11.7 Å². The smallest absolute Gasteiger partial charge is 0.290 e. The summed E-state index contributed by atoms with van der Waals surface area (Å²) in [7, 11) is 0. The van der Waals surface area contributed by atoms with Gasteiger partial charge >= 0.3 is 0 Å². The molecule has 0 bridgehead atoms. The molecule has 2 heterocycles. The van der Waals surface area contributed by atoms with Crippen molar-refractivity contribution in [2.24, 2.45) is 4.99 Å². The van der Waals surface area contributed by atoms with Gasteiger partial charge in [-0.2, -0.15) is 0 Å². The Morgan fingerprint density at radius 1 is 0.966 bits per heavy atom. The highest BCUT2D eigenvalue weighted by Gasteiger charge is 2.23. The Balaban J connectivity index is 1.52. The van der Waals surface area contributed by atoms with Crippen LogP contribution in [0.25, 0.3) is 0 Å². The Bertz CT molecular complexity index is 1010. The molecule has 1 atom stereocenters. The van der Waals surface area contributed by atoms with Gasteiger partial charge in [-0.15, -0.1) is 0 Å². The number of aliphatic imine (C=N–C) groups is 1. The van der Waals surface area contributed by atoms with Gasteiger partial charge in [-0.1, -0.05) is 69.3 Å². The van der Waals surface area contributed by atoms with E-state index >= 15 is 0 Å². The Morgan fingerprint density at radius 3 is 2.52 bits per heavy atom. The molecule has 1 aliphatic rings. The topological polar surface area (TPSA) is 55.7 Å². The van der Waals surface area contributed by atoms with Crippen LogP contribution in [0.5, 0.6) is 11.6 Å². The van der Waals surface area contributed by atoms with Crippen LogP contribution in [-0.4, -0.2) is 17.6 Å². The van der Waals surface area contributed by atoms with Crippen molar-refractivity contribution < 1.29 is 9.47 Å². The molecule has 0 saturated carbocycles. The predicted molar refractivity (Wildman–Crippen MR) is 116 cm³/mol. The zero-order chi connectivity index (χ0) is 20.3. The molecule has 3 aromatic rings. The highest BCUT2D eigenvalue weighted by molar-refractivity contribution is 5.91. The summed E-state index contributed by atoms with van der Waals surface area (Å²) in [4.78, 5) is 8.91. The molecule has 1 aliphatic heterocycles. The van der Waals surface area contributed by atoms with Crippen molar-refractivity contribution in [2.75, 3.05) is 11.9 Å². The molecule has 2 aromatic carbocycles. The van der Waals surface area contributed by atoms with Crippen molar-refractivity contribution in [1.82, 2.24) is 4.98 Å². The molecule has 1 unspecified atom stereocenters. The Kier molecular flexibility index (Phi) is 5.21. The molecule has 1 aromatic heterocycles. The molecular formula is C24H25N3O2. The first-order valence-corrected chi connectivity index (χ1v) is 9.76. The molecule has 1 N–H and O–H groups in total. The number of nitrogens with zero attached hydrogens (tertiary/aromatic N) is 2. The Morgan fingerprint density at radius 2 is 1.72 bits per heavy atom. The van der Waals surface area contributed by atoms with Gasteiger partial charge in [-0.05, 0) is 29.2 Å². The van der Waals surface area contributed by atoms with Crippen molar-refractivity contribution in [3.8, 4) is 11.6 Å². The third kappa shape index (κ3) is 4.40. The van der Waals surface area contributed by atoms with Crippen molar-refractivity contribution in [3.63, 3.8) is 0 Å². The van der Waals surface area contributed by atoms with E-state index in [4.69, 9.17) is 9.47 Å². The number of amidine groups is 1. The summed E-state index contributed by atoms with van der Waals surface area (Å²) in [6, 6.07) is 22.4. The fraction of sp³-hybridized carbons (Fsp3) is 0.250. The number of nitrogens with one attached hydrogen (secondary N) is 1. The minimum Gasteiger partial charge on any atom is -0.455 e. The Labute approximate surface area is 171 Å². The second-order valence-electron chi connectivity index (χ2n) is 7.99. The van der Waals surface area contributed by atoms with Crippen LogP contribution in [0.4, 0.5) is 5.69 Å². The average Bonchev–Trinajstić information content (AvgIpc) is 3.18. The maximum Gasteiger partial charge on any atom is 0.290 e. The first-order valence-electron chi connectivity index (χ1n) is 9.76. The molecule has 5 nitrogen and oxygen atoms in total. The highest BCUT2D eigenvalue weighted by Crippen LogP contribution is 2.35. The minimum absolute atomic E-state index is 0.0412. The van der Waals surface area contributed by atoms with E-state index in [1.807, 2.05) is 60.7 Å². The van der Waals surface area contributed by atoms with E-state index in [1.54, 1.807) is 6.20 Å². The molecule has 0 spiro atoms. The quantitative estimate of drug-likeness (QED) is 0.623. The largest absolute Gasteiger partial charge is 0.455 e. The van der Waals surface area contributed by atoms with Gasteiger partial charge < -0.3 is 14.8 Å². The first-order chi connectivity index (χ1) is 14.0. The summed E-state index contributed by atoms with van der Waals surface area (Å²) in [5, 5.41) is 3.23. The summed E-state index contributed by atoms with van der Waals surface area (Å²) >= 11 is 0. The van der Waals surface area contributed by atoms with Gasteiger partial charge in [0.15, 0.2) is 0 Å². The van der Waals surface area contributed by atoms with Crippen molar-refractivity contribution in [2.45, 2.75) is 32.3 Å². The molecule has 0 fully saturated rings. The molecule has 29 heavy (non-hydrogen) atoms. The van der Waals surface area contributed by atoms with E-state index in [9.17, 15) is 0 Å². The van der Waals surface area contributed by atoms with Crippen LogP contribution in [0, 0.1) is 0 Å². The summed E-state index contributed by atoms with van der Waals surface area (Å²) in [5.74, 6) is 1.27. The minimum atomic E-state index is -0.0821. The van der Waals surface area contributed by atoms with Crippen LogP contribution in [0.2, 0.25) is 0 Å². The average molecular weight is 387 g/mol. The van der Waals surface area contributed by atoms with Gasteiger partial charge in [0.1, 0.15) is 17.5 Å². The predicted octanol–water partition coefficient (Wildman–Crippen LogP) is 5.71. The lowest BCUT2D eigenvalue weighted by Crippen LogP contribution is -2.15. The van der Waals surface area contributed by atoms with E-state index in [0.717, 1.165) is 16.9 Å². The number of rotatable bonds is 4. The van der Waals surface area contributed by atoms with Crippen molar-refractivity contribution in [3.05, 3.63) is 84.1 Å². The fourth-order valence-corrected chi connectivity index (χ4v) is 3.25. The van der Waals surface area contributed by atoms with Gasteiger partial charge in [0.05, 0.1) is 6.54 Å². The standard InChI is InChI=1S/C24H25N3O2/c1-24(2,3)18-12-7-8-14-20(18)28-22-19(13-9-15-25-22)27-23-26-16-21(29-23)17-10-5-4-6-11-17/h4-15,21H,16H2,1-3H3,(H,26,27). The third-order valence-corrected chi connectivity index (χ3v) is 4.74. The summed E-state index contributed by atoms with van der Waals surface area (Å²) in [6.07, 6.45) is 1.63. The molecule has 0 radical (unpaired) electrons. The lowest BCUT2D eigenvalue weighted by atomic mass is 9.86. The van der Waals surface area contributed by atoms with Crippen LogP contribution in [0.3, 0.4) is 0 Å². The van der Waals surface area contributed by atoms with E-state index in [-0.39, 0.29) is 11.5 Å². The third-order valence-electron chi connectivity index (χ3n) is 4.74. The van der Waals surface area contributed by atoms with Gasteiger partial charge in [0, 0.05) is 11.8 Å². The van der Waals surface area contributed by atoms with Crippen LogP contribution in [0.1, 0.15) is 38.0 Å². The normalized spacial score (nSPS) is 16.1. The number of benzene rings is 2. The van der Waals surface area contributed by atoms with Gasteiger partial charge in [0.2, 0.25) is 5.88 Å². The van der Waals surface area contributed by atoms with Crippen LogP contribution < -0.4 is 10.1 Å². The monoisotopic (exact) mass is 387 g/mol. The zero-order valence-electron chi connectivity index (χ0n) is 16.9. The van der Waals surface area contributed by atoms with Crippen LogP contribution in [0.15, 0.2) is 77.9 Å². The zero-order valence-corrected chi connectivity index (χ0v) is 16.9. The fourth-order valence-electron chi connectivity index (χ4n) is 3.25. The van der Waals surface area contributed by atoms with E-state index in [2.05, 4.69) is 42.1 Å². The summed E-state index contributed by atoms with van der Waals surface area (Å²) < 4.78 is 12.2. The molecule has 0 aliphatic carbocycles. The van der Waals surface area contributed by atoms with Gasteiger partial charge in [0.25, 0.3) is 6.02 Å². The summed E-state index contributed by atoms with van der Waals surface area (Å²) in [5.41, 5.74) is 2.90. The van der Waals surface area contributed by atoms with E-state index in [1.165, 1.54) is 0 Å². The van der Waals surface area contributed by atoms with E-state index < -0.39 is 0 Å². The molecule has 0 amide bonds.